The molecule has 0 aliphatic rings. The molecule has 1 N–H and O–H groups in total. The SMILES string of the molecule is CC[C@H](C)NC(=O)[C@H](Cc1ccccc1)N(Cc1ccc(Cl)cc1Cl)C(=O)CN(c1ccc(OCc2ccccc2)cc1)S(C)(=O)=O. The number of halogens is 2. The molecular formula is C36H39Cl2N3O5S. The maximum Gasteiger partial charge on any atom is 0.244 e. The van der Waals surface area contributed by atoms with E-state index in [9.17, 15) is 18.0 Å². The van der Waals surface area contributed by atoms with E-state index >= 15 is 0 Å². The van der Waals surface area contributed by atoms with E-state index in [4.69, 9.17) is 27.9 Å². The van der Waals surface area contributed by atoms with Gasteiger partial charge >= 0.3 is 0 Å². The first-order chi connectivity index (χ1) is 22.4. The lowest BCUT2D eigenvalue weighted by Crippen LogP contribution is -2.54. The highest BCUT2D eigenvalue weighted by atomic mass is 35.5. The van der Waals surface area contributed by atoms with E-state index in [1.165, 1.54) is 4.90 Å². The number of sulfonamides is 1. The van der Waals surface area contributed by atoms with Gasteiger partial charge in [0.05, 0.1) is 11.9 Å². The standard InChI is InChI=1S/C36H39Cl2N3O5S/c1-4-26(2)39-36(43)34(21-27-11-7-5-8-12-27)40(23-29-15-16-30(37)22-33(29)38)35(42)24-41(47(3,44)45)31-17-19-32(20-18-31)46-25-28-13-9-6-10-14-28/h5-20,22,26,34H,4,21,23-25H2,1-3H3,(H,39,43)/t26-,34-/m0/s1. The molecule has 4 aromatic rings. The van der Waals surface area contributed by atoms with Crippen LogP contribution in [0.5, 0.6) is 5.75 Å². The Bertz CT molecular complexity index is 1740. The van der Waals surface area contributed by atoms with E-state index < -0.39 is 28.5 Å². The van der Waals surface area contributed by atoms with E-state index in [1.807, 2.05) is 74.5 Å². The summed E-state index contributed by atoms with van der Waals surface area (Å²) in [5.41, 5.74) is 2.66. The number of ether oxygens (including phenoxy) is 1. The number of carbonyl (C=O) groups is 2. The Morgan fingerprint density at radius 3 is 2.06 bits per heavy atom. The minimum absolute atomic E-state index is 0.0515. The number of hydrogen-bond acceptors (Lipinski definition) is 5. The molecule has 0 saturated heterocycles. The van der Waals surface area contributed by atoms with Gasteiger partial charge in [-0.2, -0.15) is 0 Å². The fourth-order valence-corrected chi connectivity index (χ4v) is 6.21. The van der Waals surface area contributed by atoms with E-state index in [2.05, 4.69) is 5.32 Å². The van der Waals surface area contributed by atoms with Crippen LogP contribution < -0.4 is 14.4 Å². The van der Waals surface area contributed by atoms with Gasteiger partial charge in [-0.3, -0.25) is 13.9 Å². The third kappa shape index (κ3) is 10.5. The first kappa shape index (κ1) is 35.8. The second kappa shape index (κ2) is 16.7. The van der Waals surface area contributed by atoms with Crippen LogP contribution in [0.2, 0.25) is 10.0 Å². The van der Waals surface area contributed by atoms with Crippen molar-refractivity contribution in [3.63, 3.8) is 0 Å². The third-order valence-corrected chi connectivity index (χ3v) is 9.41. The number of nitrogens with zero attached hydrogens (tertiary/aromatic N) is 2. The molecule has 0 aliphatic carbocycles. The monoisotopic (exact) mass is 695 g/mol. The fourth-order valence-electron chi connectivity index (χ4n) is 4.89. The van der Waals surface area contributed by atoms with Gasteiger partial charge < -0.3 is 15.0 Å². The molecule has 4 aromatic carbocycles. The largest absolute Gasteiger partial charge is 0.489 e. The molecule has 11 heteroatoms. The number of nitrogens with one attached hydrogen (secondary N) is 1. The van der Waals surface area contributed by atoms with Crippen molar-refractivity contribution in [2.45, 2.75) is 51.9 Å². The van der Waals surface area contributed by atoms with Crippen LogP contribution in [-0.4, -0.2) is 50.0 Å². The molecule has 0 unspecified atom stereocenters. The van der Waals surface area contributed by atoms with Gasteiger partial charge in [-0.1, -0.05) is 96.9 Å². The maximum absolute atomic E-state index is 14.3. The third-order valence-electron chi connectivity index (χ3n) is 7.68. The summed E-state index contributed by atoms with van der Waals surface area (Å²) in [7, 11) is -3.93. The van der Waals surface area contributed by atoms with Crippen LogP contribution in [0, 0.1) is 0 Å². The van der Waals surface area contributed by atoms with Crippen LogP contribution in [0.4, 0.5) is 5.69 Å². The van der Waals surface area contributed by atoms with Crippen LogP contribution in [0.25, 0.3) is 0 Å². The highest BCUT2D eigenvalue weighted by molar-refractivity contribution is 7.92. The van der Waals surface area contributed by atoms with Crippen molar-refractivity contribution >= 4 is 50.7 Å². The summed E-state index contributed by atoms with van der Waals surface area (Å²) in [6.07, 6.45) is 1.93. The Hall–Kier alpha value is -4.05. The average molecular weight is 697 g/mol. The van der Waals surface area contributed by atoms with E-state index in [-0.39, 0.29) is 30.6 Å². The van der Waals surface area contributed by atoms with Crippen LogP contribution in [0.3, 0.4) is 0 Å². The summed E-state index contributed by atoms with van der Waals surface area (Å²) in [6, 6.07) is 29.3. The zero-order valence-electron chi connectivity index (χ0n) is 26.6. The average Bonchev–Trinajstić information content (AvgIpc) is 3.05. The molecule has 0 aliphatic heterocycles. The van der Waals surface area contributed by atoms with Gasteiger partial charge in [-0.25, -0.2) is 8.42 Å². The molecule has 248 valence electrons. The number of carbonyl (C=O) groups excluding carboxylic acids is 2. The fraction of sp³-hybridized carbons (Fsp3) is 0.278. The molecule has 0 bridgehead atoms. The number of anilines is 1. The van der Waals surface area contributed by atoms with Crippen LogP contribution in [0.1, 0.15) is 37.0 Å². The predicted molar refractivity (Wildman–Crippen MR) is 188 cm³/mol. The number of rotatable bonds is 15. The molecular weight excluding hydrogens is 657 g/mol. The maximum atomic E-state index is 14.3. The summed E-state index contributed by atoms with van der Waals surface area (Å²) in [5, 5.41) is 3.75. The summed E-state index contributed by atoms with van der Waals surface area (Å²) in [6.45, 7) is 3.59. The highest BCUT2D eigenvalue weighted by Gasteiger charge is 2.33. The van der Waals surface area contributed by atoms with Gasteiger partial charge in [-0.05, 0) is 66.4 Å². The number of benzene rings is 4. The Kier molecular flexibility index (Phi) is 12.7. The van der Waals surface area contributed by atoms with Crippen molar-refractivity contribution < 1.29 is 22.7 Å². The molecule has 0 fully saturated rings. The Labute approximate surface area is 287 Å². The minimum Gasteiger partial charge on any atom is -0.489 e. The van der Waals surface area contributed by atoms with Gasteiger partial charge in [-0.15, -0.1) is 0 Å². The summed E-state index contributed by atoms with van der Waals surface area (Å²) < 4.78 is 33.1. The van der Waals surface area contributed by atoms with Gasteiger partial charge in [0.1, 0.15) is 24.9 Å². The molecule has 0 spiro atoms. The minimum atomic E-state index is -3.93. The molecule has 0 saturated carbocycles. The van der Waals surface area contributed by atoms with Crippen molar-refractivity contribution in [1.82, 2.24) is 10.2 Å². The Morgan fingerprint density at radius 1 is 0.872 bits per heavy atom. The van der Waals surface area contributed by atoms with E-state index in [0.717, 1.165) is 21.7 Å². The molecule has 0 aromatic heterocycles. The zero-order chi connectivity index (χ0) is 34.0. The van der Waals surface area contributed by atoms with Gasteiger partial charge in [0.25, 0.3) is 0 Å². The molecule has 4 rings (SSSR count). The summed E-state index contributed by atoms with van der Waals surface area (Å²) >= 11 is 12.7. The van der Waals surface area contributed by atoms with Crippen molar-refractivity contribution in [2.24, 2.45) is 0 Å². The Balaban J connectivity index is 1.67. The lowest BCUT2D eigenvalue weighted by molar-refractivity contribution is -0.140. The topological polar surface area (TPSA) is 96.0 Å². The zero-order valence-corrected chi connectivity index (χ0v) is 28.9. The highest BCUT2D eigenvalue weighted by Crippen LogP contribution is 2.26. The predicted octanol–water partition coefficient (Wildman–Crippen LogP) is 6.89. The lowest BCUT2D eigenvalue weighted by atomic mass is 10.0. The van der Waals surface area contributed by atoms with E-state index in [1.54, 1.807) is 42.5 Å². The molecule has 0 radical (unpaired) electrons. The first-order valence-electron chi connectivity index (χ1n) is 15.3. The van der Waals surface area contributed by atoms with Gasteiger partial charge in [0.15, 0.2) is 0 Å². The van der Waals surface area contributed by atoms with Crippen LogP contribution in [-0.2, 0) is 39.2 Å². The molecule has 47 heavy (non-hydrogen) atoms. The molecule has 2 amide bonds. The van der Waals surface area contributed by atoms with Gasteiger partial charge in [0.2, 0.25) is 21.8 Å². The molecule has 0 heterocycles. The lowest BCUT2D eigenvalue weighted by Gasteiger charge is -2.34. The molecule has 2 atom stereocenters. The summed E-state index contributed by atoms with van der Waals surface area (Å²) in [5.74, 6) is -0.389. The van der Waals surface area contributed by atoms with Crippen molar-refractivity contribution in [3.8, 4) is 5.75 Å². The second-order valence-corrected chi connectivity index (χ2v) is 14.1. The van der Waals surface area contributed by atoms with Crippen molar-refractivity contribution in [1.29, 1.82) is 0 Å². The van der Waals surface area contributed by atoms with Crippen LogP contribution >= 0.6 is 23.2 Å². The first-order valence-corrected chi connectivity index (χ1v) is 17.9. The Morgan fingerprint density at radius 2 is 1.49 bits per heavy atom. The quantitative estimate of drug-likeness (QED) is 0.146. The smallest absolute Gasteiger partial charge is 0.244 e. The van der Waals surface area contributed by atoms with Crippen molar-refractivity contribution in [2.75, 3.05) is 17.1 Å². The normalized spacial score (nSPS) is 12.5. The number of amides is 2. The van der Waals surface area contributed by atoms with Crippen LogP contribution in [0.15, 0.2) is 103 Å². The summed E-state index contributed by atoms with van der Waals surface area (Å²) in [4.78, 5) is 29.6. The second-order valence-electron chi connectivity index (χ2n) is 11.3. The van der Waals surface area contributed by atoms with E-state index in [0.29, 0.717) is 34.4 Å². The number of hydrogen-bond donors (Lipinski definition) is 1. The van der Waals surface area contributed by atoms with Gasteiger partial charge in [0, 0.05) is 29.1 Å². The molecule has 8 nitrogen and oxygen atoms in total. The van der Waals surface area contributed by atoms with Crippen molar-refractivity contribution in [3.05, 3.63) is 130 Å².